The molecule has 1 amide bonds. The Balaban J connectivity index is 1.88. The van der Waals surface area contributed by atoms with E-state index >= 15 is 4.39 Å². The number of rotatable bonds is 8. The van der Waals surface area contributed by atoms with Crippen LogP contribution in [0.4, 0.5) is 18.9 Å². The minimum Gasteiger partial charge on any atom is -0.395 e. The Labute approximate surface area is 189 Å². The van der Waals surface area contributed by atoms with Crippen LogP contribution in [0.3, 0.4) is 0 Å². The largest absolute Gasteiger partial charge is 0.395 e. The molecule has 1 heterocycles. The van der Waals surface area contributed by atoms with Crippen LogP contribution in [-0.4, -0.2) is 47.1 Å². The van der Waals surface area contributed by atoms with E-state index in [1.165, 1.54) is 29.2 Å². The molecule has 1 aliphatic carbocycles. The van der Waals surface area contributed by atoms with Crippen molar-refractivity contribution >= 4 is 34.8 Å². The summed E-state index contributed by atoms with van der Waals surface area (Å²) >= 11 is 11.6. The third-order valence-corrected chi connectivity index (χ3v) is 5.94. The Kier molecular flexibility index (Phi) is 7.52. The zero-order chi connectivity index (χ0) is 22.8. The first-order valence-electron chi connectivity index (χ1n) is 9.81. The lowest BCUT2D eigenvalue weighted by Crippen LogP contribution is -2.47. The number of aliphatic hydroxyl groups is 1. The first-order chi connectivity index (χ1) is 14.6. The third kappa shape index (κ3) is 5.92. The fourth-order valence-electron chi connectivity index (χ4n) is 3.93. The van der Waals surface area contributed by atoms with Crippen molar-refractivity contribution in [3.8, 4) is 0 Å². The standard InChI is InChI=1S/C22H23Cl2F3N2O2/c1-13(23)4-2-7-19(25)18-9-17(12-30)29(11-14-10-22(14,26)27)20(18)21(31)28-16-6-3-5-15(24)8-16/h2-8,14,17-18,20,30H,1,9-12H2,(H,28,31)/b4-2-,19-7-/t14?,17-,18?,20?/m1/s1. The van der Waals surface area contributed by atoms with E-state index < -0.39 is 41.6 Å². The first-order valence-corrected chi connectivity index (χ1v) is 10.6. The lowest BCUT2D eigenvalue weighted by atomic mass is 9.96. The molecule has 9 heteroatoms. The van der Waals surface area contributed by atoms with Gasteiger partial charge in [0.2, 0.25) is 5.91 Å². The normalized spacial score (nSPS) is 28.1. The molecule has 2 fully saturated rings. The van der Waals surface area contributed by atoms with Gasteiger partial charge in [-0.2, -0.15) is 0 Å². The summed E-state index contributed by atoms with van der Waals surface area (Å²) in [5.41, 5.74) is 0.406. The molecule has 168 valence electrons. The van der Waals surface area contributed by atoms with Crippen molar-refractivity contribution in [2.75, 3.05) is 18.5 Å². The van der Waals surface area contributed by atoms with Gasteiger partial charge in [-0.15, -0.1) is 0 Å². The Bertz CT molecular complexity index is 906. The van der Waals surface area contributed by atoms with E-state index in [0.29, 0.717) is 10.7 Å². The average Bonchev–Trinajstić information content (AvgIpc) is 3.12. The molecule has 0 bridgehead atoms. The number of alkyl halides is 2. The van der Waals surface area contributed by atoms with Gasteiger partial charge >= 0.3 is 0 Å². The molecule has 2 N–H and O–H groups in total. The summed E-state index contributed by atoms with van der Waals surface area (Å²) in [6, 6.07) is 4.75. The Morgan fingerprint density at radius 2 is 2.13 bits per heavy atom. The lowest BCUT2D eigenvalue weighted by Gasteiger charge is -2.30. The van der Waals surface area contributed by atoms with Gasteiger partial charge in [0.25, 0.3) is 5.92 Å². The number of aliphatic hydroxyl groups excluding tert-OH is 1. The summed E-state index contributed by atoms with van der Waals surface area (Å²) in [4.78, 5) is 14.6. The second kappa shape index (κ2) is 9.77. The summed E-state index contributed by atoms with van der Waals surface area (Å²) in [5, 5.41) is 13.1. The molecule has 1 aromatic carbocycles. The number of likely N-dealkylation sites (tertiary alicyclic amines) is 1. The van der Waals surface area contributed by atoms with Crippen molar-refractivity contribution in [3.63, 3.8) is 0 Å². The fourth-order valence-corrected chi connectivity index (χ4v) is 4.19. The van der Waals surface area contributed by atoms with Gasteiger partial charge < -0.3 is 10.4 Å². The molecule has 0 radical (unpaired) electrons. The number of carbonyl (C=O) groups is 1. The van der Waals surface area contributed by atoms with Gasteiger partial charge in [-0.05, 0) is 36.8 Å². The number of hydrogen-bond donors (Lipinski definition) is 2. The number of nitrogens with one attached hydrogen (secondary N) is 1. The highest BCUT2D eigenvalue weighted by Crippen LogP contribution is 2.50. The molecule has 1 aromatic rings. The van der Waals surface area contributed by atoms with Crippen LogP contribution in [0.2, 0.25) is 5.02 Å². The third-order valence-electron chi connectivity index (χ3n) is 5.58. The summed E-state index contributed by atoms with van der Waals surface area (Å²) in [7, 11) is 0. The maximum atomic E-state index is 15.0. The van der Waals surface area contributed by atoms with Crippen molar-refractivity contribution in [3.05, 3.63) is 65.0 Å². The van der Waals surface area contributed by atoms with Crippen LogP contribution in [0.5, 0.6) is 0 Å². The molecule has 1 saturated heterocycles. The molecule has 1 aliphatic heterocycles. The highest BCUT2D eigenvalue weighted by Gasteiger charge is 2.59. The minimum atomic E-state index is -2.80. The fraction of sp³-hybridized carbons (Fsp3) is 0.409. The van der Waals surface area contributed by atoms with Gasteiger partial charge in [0.15, 0.2) is 0 Å². The van der Waals surface area contributed by atoms with Crippen LogP contribution in [0, 0.1) is 11.8 Å². The predicted molar refractivity (Wildman–Crippen MR) is 116 cm³/mol. The van der Waals surface area contributed by atoms with Crippen molar-refractivity contribution < 1.29 is 23.1 Å². The zero-order valence-electron chi connectivity index (χ0n) is 16.6. The number of nitrogens with zero attached hydrogens (tertiary/aromatic N) is 1. The van der Waals surface area contributed by atoms with Crippen molar-refractivity contribution in [1.82, 2.24) is 4.90 Å². The molecular formula is C22H23Cl2F3N2O2. The summed E-state index contributed by atoms with van der Waals surface area (Å²) in [6.07, 6.45) is 3.75. The predicted octanol–water partition coefficient (Wildman–Crippen LogP) is 5.15. The highest BCUT2D eigenvalue weighted by molar-refractivity contribution is 6.31. The quantitative estimate of drug-likeness (QED) is 0.512. The number of allylic oxidation sites excluding steroid dienone is 4. The van der Waals surface area contributed by atoms with Crippen molar-refractivity contribution in [2.24, 2.45) is 11.8 Å². The van der Waals surface area contributed by atoms with Crippen LogP contribution in [0.15, 0.2) is 59.9 Å². The van der Waals surface area contributed by atoms with Gasteiger partial charge in [-0.3, -0.25) is 9.69 Å². The van der Waals surface area contributed by atoms with Gasteiger partial charge in [-0.1, -0.05) is 41.9 Å². The van der Waals surface area contributed by atoms with E-state index in [0.717, 1.165) is 0 Å². The van der Waals surface area contributed by atoms with Crippen LogP contribution in [0.25, 0.3) is 0 Å². The van der Waals surface area contributed by atoms with Crippen LogP contribution < -0.4 is 5.32 Å². The monoisotopic (exact) mass is 474 g/mol. The number of carbonyl (C=O) groups excluding carboxylic acids is 1. The Morgan fingerprint density at radius 3 is 2.71 bits per heavy atom. The second-order valence-electron chi connectivity index (χ2n) is 7.84. The minimum absolute atomic E-state index is 0.107. The van der Waals surface area contributed by atoms with E-state index in [4.69, 9.17) is 23.2 Å². The maximum Gasteiger partial charge on any atom is 0.252 e. The molecule has 3 rings (SSSR count). The number of anilines is 1. The molecule has 3 unspecified atom stereocenters. The Hall–Kier alpha value is -1.80. The topological polar surface area (TPSA) is 52.6 Å². The summed E-state index contributed by atoms with van der Waals surface area (Å²) < 4.78 is 42.2. The van der Waals surface area contributed by atoms with Gasteiger partial charge in [0, 0.05) is 46.6 Å². The van der Waals surface area contributed by atoms with Crippen molar-refractivity contribution in [1.29, 1.82) is 0 Å². The van der Waals surface area contributed by atoms with E-state index in [9.17, 15) is 18.7 Å². The van der Waals surface area contributed by atoms with E-state index in [1.54, 1.807) is 18.2 Å². The summed E-state index contributed by atoms with van der Waals surface area (Å²) in [6.45, 7) is 2.99. The maximum absolute atomic E-state index is 15.0. The number of halogens is 5. The number of benzene rings is 1. The van der Waals surface area contributed by atoms with Crippen LogP contribution >= 0.6 is 23.2 Å². The van der Waals surface area contributed by atoms with Crippen LogP contribution in [-0.2, 0) is 4.79 Å². The average molecular weight is 475 g/mol. The highest BCUT2D eigenvalue weighted by atomic mass is 35.5. The molecule has 4 nitrogen and oxygen atoms in total. The lowest BCUT2D eigenvalue weighted by molar-refractivity contribution is -0.122. The van der Waals surface area contributed by atoms with Gasteiger partial charge in [0.1, 0.15) is 5.83 Å². The van der Waals surface area contributed by atoms with Gasteiger partial charge in [-0.25, -0.2) is 13.2 Å². The molecule has 2 aliphatic rings. The first kappa shape index (κ1) is 23.9. The molecular weight excluding hydrogens is 452 g/mol. The summed E-state index contributed by atoms with van der Waals surface area (Å²) in [5.74, 6) is -5.81. The smallest absolute Gasteiger partial charge is 0.252 e. The van der Waals surface area contributed by atoms with Gasteiger partial charge in [0.05, 0.1) is 12.6 Å². The molecule has 1 saturated carbocycles. The number of amides is 1. The van der Waals surface area contributed by atoms with E-state index in [2.05, 4.69) is 11.9 Å². The second-order valence-corrected chi connectivity index (χ2v) is 8.76. The molecule has 4 atom stereocenters. The molecule has 31 heavy (non-hydrogen) atoms. The van der Waals surface area contributed by atoms with Crippen molar-refractivity contribution in [2.45, 2.75) is 30.8 Å². The molecule has 0 spiro atoms. The van der Waals surface area contributed by atoms with Crippen LogP contribution in [0.1, 0.15) is 12.8 Å². The SMILES string of the molecule is C=C(Cl)/C=C\C=C(/F)C1C[C@H](CO)N(CC2CC2(F)F)C1C(=O)Nc1cccc(Cl)c1. The Morgan fingerprint density at radius 1 is 1.42 bits per heavy atom. The zero-order valence-corrected chi connectivity index (χ0v) is 18.1. The number of hydrogen-bond acceptors (Lipinski definition) is 3. The van der Waals surface area contributed by atoms with E-state index in [-0.39, 0.29) is 31.0 Å². The molecule has 0 aromatic heterocycles. The van der Waals surface area contributed by atoms with E-state index in [1.807, 2.05) is 0 Å².